The monoisotopic (exact) mass is 326 g/mol. The van der Waals surface area contributed by atoms with E-state index in [0.717, 1.165) is 23.9 Å². The zero-order chi connectivity index (χ0) is 13.7. The molecule has 1 aliphatic rings. The van der Waals surface area contributed by atoms with Crippen molar-refractivity contribution >= 4 is 15.9 Å². The van der Waals surface area contributed by atoms with E-state index >= 15 is 0 Å². The number of ether oxygens (including phenoxy) is 2. The first-order valence-corrected chi connectivity index (χ1v) is 8.17. The largest absolute Gasteiger partial charge is 0.497 e. The van der Waals surface area contributed by atoms with Crippen LogP contribution >= 0.6 is 15.9 Å². The van der Waals surface area contributed by atoms with E-state index in [1.165, 1.54) is 18.4 Å². The van der Waals surface area contributed by atoms with Gasteiger partial charge in [0, 0.05) is 5.33 Å². The molecule has 1 saturated heterocycles. The predicted octanol–water partition coefficient (Wildman–Crippen LogP) is 4.21. The fourth-order valence-electron chi connectivity index (χ4n) is 2.73. The Morgan fingerprint density at radius 2 is 2.05 bits per heavy atom. The Bertz CT molecular complexity index is 377. The summed E-state index contributed by atoms with van der Waals surface area (Å²) in [6.07, 6.45) is 5.58. The third kappa shape index (κ3) is 4.50. The van der Waals surface area contributed by atoms with Crippen LogP contribution < -0.4 is 4.74 Å². The second-order valence-electron chi connectivity index (χ2n) is 5.45. The highest BCUT2D eigenvalue weighted by Gasteiger charge is 2.24. The molecule has 3 atom stereocenters. The van der Waals surface area contributed by atoms with Crippen LogP contribution in [0, 0.1) is 5.92 Å². The summed E-state index contributed by atoms with van der Waals surface area (Å²) in [7, 11) is 1.70. The Morgan fingerprint density at radius 1 is 1.32 bits per heavy atom. The molecule has 106 valence electrons. The number of halogens is 1. The fourth-order valence-corrected chi connectivity index (χ4v) is 3.22. The van der Waals surface area contributed by atoms with E-state index in [4.69, 9.17) is 9.47 Å². The number of hydrogen-bond donors (Lipinski definition) is 0. The van der Waals surface area contributed by atoms with Crippen molar-refractivity contribution in [1.29, 1.82) is 0 Å². The van der Waals surface area contributed by atoms with Gasteiger partial charge in [0.2, 0.25) is 0 Å². The Labute approximate surface area is 124 Å². The highest BCUT2D eigenvalue weighted by Crippen LogP contribution is 2.27. The van der Waals surface area contributed by atoms with E-state index in [1.807, 2.05) is 12.1 Å². The summed E-state index contributed by atoms with van der Waals surface area (Å²) in [5.74, 6) is 1.57. The lowest BCUT2D eigenvalue weighted by atomic mass is 9.94. The Hall–Kier alpha value is -0.540. The molecule has 0 amide bonds. The van der Waals surface area contributed by atoms with E-state index in [-0.39, 0.29) is 0 Å². The number of alkyl halides is 1. The summed E-state index contributed by atoms with van der Waals surface area (Å²) < 4.78 is 11.1. The number of hydrogen-bond acceptors (Lipinski definition) is 2. The maximum Gasteiger partial charge on any atom is 0.118 e. The van der Waals surface area contributed by atoms with Crippen LogP contribution in [0.1, 0.15) is 31.7 Å². The molecule has 2 rings (SSSR count). The van der Waals surface area contributed by atoms with Gasteiger partial charge in [-0.15, -0.1) is 0 Å². The second-order valence-corrected chi connectivity index (χ2v) is 6.10. The molecule has 2 nitrogen and oxygen atoms in total. The number of rotatable bonds is 6. The van der Waals surface area contributed by atoms with Crippen molar-refractivity contribution in [3.8, 4) is 5.75 Å². The number of benzene rings is 1. The van der Waals surface area contributed by atoms with Crippen molar-refractivity contribution in [2.24, 2.45) is 5.92 Å². The molecule has 1 aromatic rings. The van der Waals surface area contributed by atoms with Crippen molar-refractivity contribution in [3.05, 3.63) is 29.8 Å². The predicted molar refractivity (Wildman–Crippen MR) is 82.2 cm³/mol. The zero-order valence-corrected chi connectivity index (χ0v) is 13.4. The Balaban J connectivity index is 1.87. The van der Waals surface area contributed by atoms with Gasteiger partial charge < -0.3 is 9.47 Å². The fraction of sp³-hybridized carbons (Fsp3) is 0.625. The smallest absolute Gasteiger partial charge is 0.118 e. The van der Waals surface area contributed by atoms with Gasteiger partial charge in [0.25, 0.3) is 0 Å². The van der Waals surface area contributed by atoms with Gasteiger partial charge >= 0.3 is 0 Å². The van der Waals surface area contributed by atoms with Crippen molar-refractivity contribution in [1.82, 2.24) is 0 Å². The van der Waals surface area contributed by atoms with E-state index in [0.29, 0.717) is 18.1 Å². The molecular formula is C16H23BrO2. The summed E-state index contributed by atoms with van der Waals surface area (Å²) in [6.45, 7) is 2.17. The summed E-state index contributed by atoms with van der Waals surface area (Å²) in [4.78, 5) is 0. The molecule has 0 bridgehead atoms. The van der Waals surface area contributed by atoms with Gasteiger partial charge in [-0.25, -0.2) is 0 Å². The van der Waals surface area contributed by atoms with Crippen molar-refractivity contribution < 1.29 is 9.47 Å². The molecule has 1 aromatic carbocycles. The molecule has 3 heteroatoms. The highest BCUT2D eigenvalue weighted by molar-refractivity contribution is 9.09. The van der Waals surface area contributed by atoms with Gasteiger partial charge in [-0.1, -0.05) is 28.1 Å². The first kappa shape index (κ1) is 14.9. The second kappa shape index (κ2) is 7.30. The van der Waals surface area contributed by atoms with Crippen molar-refractivity contribution in [2.75, 3.05) is 12.4 Å². The summed E-state index contributed by atoms with van der Waals surface area (Å²) in [6, 6.07) is 8.39. The molecule has 1 heterocycles. The minimum atomic E-state index is 0.446. The molecule has 0 radical (unpaired) electrons. The Morgan fingerprint density at radius 3 is 2.58 bits per heavy atom. The summed E-state index contributed by atoms with van der Waals surface area (Å²) in [5, 5.41) is 1.03. The minimum absolute atomic E-state index is 0.446. The van der Waals surface area contributed by atoms with Gasteiger partial charge in [0.05, 0.1) is 19.3 Å². The molecule has 1 fully saturated rings. The summed E-state index contributed by atoms with van der Waals surface area (Å²) >= 11 is 3.64. The van der Waals surface area contributed by atoms with Crippen LogP contribution in [0.25, 0.3) is 0 Å². The van der Waals surface area contributed by atoms with Crippen LogP contribution in [0.15, 0.2) is 24.3 Å². The van der Waals surface area contributed by atoms with Crippen LogP contribution in [0.5, 0.6) is 5.75 Å². The molecule has 0 saturated carbocycles. The quantitative estimate of drug-likeness (QED) is 0.729. The van der Waals surface area contributed by atoms with Crippen LogP contribution in [0.4, 0.5) is 0 Å². The summed E-state index contributed by atoms with van der Waals surface area (Å²) in [5.41, 5.74) is 1.37. The number of methoxy groups -OCH3 is 1. The molecular weight excluding hydrogens is 304 g/mol. The van der Waals surface area contributed by atoms with Crippen LogP contribution in [0.3, 0.4) is 0 Å². The Kier molecular flexibility index (Phi) is 5.71. The third-order valence-corrected chi connectivity index (χ3v) is 4.73. The molecule has 3 unspecified atom stereocenters. The van der Waals surface area contributed by atoms with E-state index < -0.39 is 0 Å². The highest BCUT2D eigenvalue weighted by atomic mass is 79.9. The van der Waals surface area contributed by atoms with Gasteiger partial charge in [-0.2, -0.15) is 0 Å². The molecule has 0 aliphatic carbocycles. The average molecular weight is 327 g/mol. The first-order chi connectivity index (χ1) is 9.21. The van der Waals surface area contributed by atoms with Crippen molar-refractivity contribution in [2.45, 2.75) is 44.8 Å². The zero-order valence-electron chi connectivity index (χ0n) is 11.8. The lowest BCUT2D eigenvalue weighted by Gasteiger charge is -2.19. The molecule has 0 aromatic heterocycles. The van der Waals surface area contributed by atoms with E-state index in [1.54, 1.807) is 7.11 Å². The standard InChI is InChI=1S/C16H23BrO2/c1-12-3-6-16(19-12)10-14(11-17)9-13-4-7-15(18-2)8-5-13/h4-5,7-8,12,14,16H,3,6,9-11H2,1-2H3. The van der Waals surface area contributed by atoms with Crippen molar-refractivity contribution in [3.63, 3.8) is 0 Å². The lowest BCUT2D eigenvalue weighted by molar-refractivity contribution is 0.0428. The topological polar surface area (TPSA) is 18.5 Å². The molecule has 0 spiro atoms. The average Bonchev–Trinajstić information content (AvgIpc) is 2.84. The van der Waals surface area contributed by atoms with Gasteiger partial charge in [0.15, 0.2) is 0 Å². The van der Waals surface area contributed by atoms with Gasteiger partial charge in [0.1, 0.15) is 5.75 Å². The maximum atomic E-state index is 5.93. The van der Waals surface area contributed by atoms with Crippen LogP contribution in [-0.2, 0) is 11.2 Å². The first-order valence-electron chi connectivity index (χ1n) is 7.05. The SMILES string of the molecule is COc1ccc(CC(CBr)CC2CCC(C)O2)cc1. The van der Waals surface area contributed by atoms with Gasteiger partial charge in [-0.05, 0) is 56.2 Å². The normalized spacial score (nSPS) is 24.4. The van der Waals surface area contributed by atoms with Crippen LogP contribution in [-0.4, -0.2) is 24.6 Å². The molecule has 0 N–H and O–H groups in total. The van der Waals surface area contributed by atoms with Crippen LogP contribution in [0.2, 0.25) is 0 Å². The maximum absolute atomic E-state index is 5.93. The molecule has 1 aliphatic heterocycles. The van der Waals surface area contributed by atoms with E-state index in [9.17, 15) is 0 Å². The minimum Gasteiger partial charge on any atom is -0.497 e. The molecule has 19 heavy (non-hydrogen) atoms. The van der Waals surface area contributed by atoms with Gasteiger partial charge in [-0.3, -0.25) is 0 Å². The lowest BCUT2D eigenvalue weighted by Crippen LogP contribution is -2.17. The van der Waals surface area contributed by atoms with E-state index in [2.05, 4.69) is 35.0 Å². The third-order valence-electron chi connectivity index (χ3n) is 3.82.